The summed E-state index contributed by atoms with van der Waals surface area (Å²) in [6, 6.07) is 0. The van der Waals surface area contributed by atoms with Crippen LogP contribution in [0.25, 0.3) is 0 Å². The van der Waals surface area contributed by atoms with E-state index in [2.05, 4.69) is 15.6 Å². The van der Waals surface area contributed by atoms with E-state index in [9.17, 15) is 9.59 Å². The lowest BCUT2D eigenvalue weighted by atomic mass is 9.92. The van der Waals surface area contributed by atoms with Gasteiger partial charge in [-0.15, -0.1) is 0 Å². The molecule has 0 aromatic carbocycles. The fourth-order valence-electron chi connectivity index (χ4n) is 2.92. The van der Waals surface area contributed by atoms with E-state index >= 15 is 0 Å². The average molecular weight is 408 g/mol. The highest BCUT2D eigenvalue weighted by Crippen LogP contribution is 2.39. The molecule has 0 aromatic heterocycles. The topological polar surface area (TPSA) is 109 Å². The molecule has 2 heterocycles. The van der Waals surface area contributed by atoms with Crippen molar-refractivity contribution in [2.45, 2.75) is 32.8 Å². The fraction of sp³-hybridized carbons (Fsp3) is 0.421. The van der Waals surface area contributed by atoms with E-state index < -0.39 is 17.7 Å². The summed E-state index contributed by atoms with van der Waals surface area (Å²) in [5.41, 5.74) is 0.485. The summed E-state index contributed by atoms with van der Waals surface area (Å²) in [6.07, 6.45) is 5.19. The largest absolute Gasteiger partial charge is 0.478 e. The fourth-order valence-corrected chi connectivity index (χ4v) is 3.23. The number of alkyl carbamates (subject to hydrolysis) is 1. The normalized spacial score (nSPS) is 21.4. The second-order valence-electron chi connectivity index (χ2n) is 7.57. The molecule has 28 heavy (non-hydrogen) atoms. The smallest absolute Gasteiger partial charge is 0.408 e. The van der Waals surface area contributed by atoms with Crippen molar-refractivity contribution >= 4 is 29.5 Å². The standard InChI is InChI=1S/C19H22ClN3O5/c1-19(2,3)28-18(26)23-9-13-5-10-4-11(6-14(20)15(10)27-13)16-21-7-12(8-22-16)17(24)25/h5-7,10H,4,8-9H2,1-3H3,(H,21,22)(H,23,26)(H,24,25). The summed E-state index contributed by atoms with van der Waals surface area (Å²) in [6.45, 7) is 5.67. The van der Waals surface area contributed by atoms with E-state index in [0.717, 1.165) is 5.57 Å². The molecular formula is C19H22ClN3O5. The van der Waals surface area contributed by atoms with Crippen LogP contribution in [0.15, 0.2) is 51.0 Å². The molecule has 1 unspecified atom stereocenters. The van der Waals surface area contributed by atoms with Gasteiger partial charge in [0.15, 0.2) is 0 Å². The van der Waals surface area contributed by atoms with Crippen LogP contribution >= 0.6 is 11.6 Å². The number of aliphatic imine (C=N–C) groups is 1. The number of hydrogen-bond acceptors (Lipinski definition) is 6. The average Bonchev–Trinajstić information content (AvgIpc) is 3.02. The minimum atomic E-state index is -0.998. The molecule has 1 atom stereocenters. The van der Waals surface area contributed by atoms with Gasteiger partial charge in [-0.2, -0.15) is 0 Å². The maximum absolute atomic E-state index is 11.8. The number of carbonyl (C=O) groups excluding carboxylic acids is 1. The van der Waals surface area contributed by atoms with Crippen molar-refractivity contribution in [1.82, 2.24) is 10.6 Å². The summed E-state index contributed by atoms with van der Waals surface area (Å²) in [5.74, 6) is 0.741. The number of halogens is 1. The third-order valence-corrected chi connectivity index (χ3v) is 4.41. The molecule has 0 aromatic rings. The molecule has 8 nitrogen and oxygen atoms in total. The molecule has 3 N–H and O–H groups in total. The third kappa shape index (κ3) is 4.75. The molecule has 0 bridgehead atoms. The molecule has 0 fully saturated rings. The highest BCUT2D eigenvalue weighted by atomic mass is 35.5. The lowest BCUT2D eigenvalue weighted by Gasteiger charge is -2.22. The van der Waals surface area contributed by atoms with E-state index in [1.54, 1.807) is 26.8 Å². The molecule has 9 heteroatoms. The van der Waals surface area contributed by atoms with Gasteiger partial charge in [-0.05, 0) is 44.9 Å². The lowest BCUT2D eigenvalue weighted by molar-refractivity contribution is -0.132. The number of nitrogens with zero attached hydrogens (tertiary/aromatic N) is 1. The Kier molecular flexibility index (Phi) is 5.51. The first-order valence-electron chi connectivity index (χ1n) is 8.82. The highest BCUT2D eigenvalue weighted by Gasteiger charge is 2.32. The Morgan fingerprint density at radius 2 is 2.21 bits per heavy atom. The Labute approximate surface area is 167 Å². The zero-order valence-electron chi connectivity index (χ0n) is 15.8. The Bertz CT molecular complexity index is 861. The quantitative estimate of drug-likeness (QED) is 0.661. The van der Waals surface area contributed by atoms with Gasteiger partial charge in [0, 0.05) is 12.1 Å². The summed E-state index contributed by atoms with van der Waals surface area (Å²) >= 11 is 6.37. The minimum absolute atomic E-state index is 0.0720. The maximum Gasteiger partial charge on any atom is 0.408 e. The minimum Gasteiger partial charge on any atom is -0.478 e. The molecule has 0 saturated carbocycles. The van der Waals surface area contributed by atoms with Crippen molar-refractivity contribution in [3.8, 4) is 0 Å². The van der Waals surface area contributed by atoms with Crippen molar-refractivity contribution in [1.29, 1.82) is 0 Å². The summed E-state index contributed by atoms with van der Waals surface area (Å²) in [4.78, 5) is 27.1. The SMILES string of the molecule is CC(C)(C)OC(=O)NCC1=CC2CC(C3=NCC(C(=O)O)=CN3)=CC(Cl)=C2O1. The van der Waals surface area contributed by atoms with Gasteiger partial charge in [-0.3, -0.25) is 4.99 Å². The molecule has 0 saturated heterocycles. The number of allylic oxidation sites excluding steroid dienone is 3. The number of fused-ring (bicyclic) bond motifs is 1. The van der Waals surface area contributed by atoms with Crippen LogP contribution < -0.4 is 10.6 Å². The van der Waals surface area contributed by atoms with Crippen molar-refractivity contribution in [3.63, 3.8) is 0 Å². The van der Waals surface area contributed by atoms with Crippen molar-refractivity contribution in [3.05, 3.63) is 46.0 Å². The second-order valence-corrected chi connectivity index (χ2v) is 7.97. The molecule has 1 aliphatic carbocycles. The van der Waals surface area contributed by atoms with E-state index in [0.29, 0.717) is 28.8 Å². The lowest BCUT2D eigenvalue weighted by Crippen LogP contribution is -2.33. The molecule has 0 radical (unpaired) electrons. The van der Waals surface area contributed by atoms with Crippen molar-refractivity contribution < 1.29 is 24.2 Å². The van der Waals surface area contributed by atoms with E-state index in [1.807, 2.05) is 6.08 Å². The molecular weight excluding hydrogens is 386 g/mol. The molecule has 3 aliphatic rings. The molecule has 1 amide bonds. The summed E-state index contributed by atoms with van der Waals surface area (Å²) in [7, 11) is 0. The van der Waals surface area contributed by atoms with Crippen LogP contribution in [0.5, 0.6) is 0 Å². The number of rotatable bonds is 4. The second kappa shape index (κ2) is 7.71. The Balaban J connectivity index is 1.61. The first kappa shape index (κ1) is 20.0. The summed E-state index contributed by atoms with van der Waals surface area (Å²) in [5, 5.41) is 15.0. The highest BCUT2D eigenvalue weighted by molar-refractivity contribution is 6.32. The van der Waals surface area contributed by atoms with Crippen LogP contribution in [0.3, 0.4) is 0 Å². The van der Waals surface area contributed by atoms with Gasteiger partial charge in [-0.25, -0.2) is 9.59 Å². The van der Waals surface area contributed by atoms with Gasteiger partial charge in [0.2, 0.25) is 0 Å². The number of nitrogens with one attached hydrogen (secondary N) is 2. The van der Waals surface area contributed by atoms with Gasteiger partial charge in [0.25, 0.3) is 0 Å². The number of aliphatic carboxylic acids is 1. The first-order valence-corrected chi connectivity index (χ1v) is 9.19. The number of hydrogen-bond donors (Lipinski definition) is 3. The number of carboxylic acid groups (broad SMARTS) is 1. The van der Waals surface area contributed by atoms with Gasteiger partial charge in [0.05, 0.1) is 23.7 Å². The van der Waals surface area contributed by atoms with E-state index in [-0.39, 0.29) is 24.6 Å². The maximum atomic E-state index is 11.8. The van der Waals surface area contributed by atoms with Gasteiger partial charge >= 0.3 is 12.1 Å². The zero-order valence-corrected chi connectivity index (χ0v) is 16.6. The molecule has 150 valence electrons. The molecule has 3 rings (SSSR count). The van der Waals surface area contributed by atoms with Crippen LogP contribution in [0.1, 0.15) is 27.2 Å². The summed E-state index contributed by atoms with van der Waals surface area (Å²) < 4.78 is 11.0. The first-order chi connectivity index (χ1) is 13.1. The predicted octanol–water partition coefficient (Wildman–Crippen LogP) is 2.79. The van der Waals surface area contributed by atoms with E-state index in [4.69, 9.17) is 26.2 Å². The van der Waals surface area contributed by atoms with Gasteiger partial charge in [0.1, 0.15) is 23.0 Å². The molecule has 2 aliphatic heterocycles. The van der Waals surface area contributed by atoms with Gasteiger partial charge < -0.3 is 25.2 Å². The monoisotopic (exact) mass is 407 g/mol. The van der Waals surface area contributed by atoms with Crippen LogP contribution in [0.4, 0.5) is 4.79 Å². The van der Waals surface area contributed by atoms with E-state index in [1.165, 1.54) is 6.20 Å². The van der Waals surface area contributed by atoms with Crippen LogP contribution in [-0.2, 0) is 14.3 Å². The number of amidine groups is 1. The van der Waals surface area contributed by atoms with Crippen molar-refractivity contribution in [2.75, 3.05) is 13.1 Å². The number of carboxylic acids is 1. The number of ether oxygens (including phenoxy) is 2. The zero-order chi connectivity index (χ0) is 20.5. The Morgan fingerprint density at radius 3 is 2.82 bits per heavy atom. The van der Waals surface area contributed by atoms with Crippen LogP contribution in [-0.4, -0.2) is 41.7 Å². The Morgan fingerprint density at radius 1 is 1.46 bits per heavy atom. The predicted molar refractivity (Wildman–Crippen MR) is 104 cm³/mol. The third-order valence-electron chi connectivity index (χ3n) is 4.12. The van der Waals surface area contributed by atoms with Crippen LogP contribution in [0.2, 0.25) is 0 Å². The number of carbonyl (C=O) groups is 2. The van der Waals surface area contributed by atoms with Crippen LogP contribution in [0, 0.1) is 5.92 Å². The number of amides is 1. The van der Waals surface area contributed by atoms with Gasteiger partial charge in [-0.1, -0.05) is 11.6 Å². The Hall–Kier alpha value is -2.74. The molecule has 0 spiro atoms. The van der Waals surface area contributed by atoms with Crippen molar-refractivity contribution in [2.24, 2.45) is 10.9 Å².